The van der Waals surface area contributed by atoms with Gasteiger partial charge in [0.05, 0.1) is 6.61 Å². The number of aliphatic hydroxyl groups excluding tert-OH is 1. The van der Waals surface area contributed by atoms with Crippen molar-refractivity contribution in [1.82, 2.24) is 9.80 Å². The van der Waals surface area contributed by atoms with Crippen LogP contribution in [0.4, 0.5) is 17.3 Å². The molecule has 2 unspecified atom stereocenters. The van der Waals surface area contributed by atoms with Crippen LogP contribution in [0.2, 0.25) is 0 Å². The van der Waals surface area contributed by atoms with Crippen molar-refractivity contribution in [3.63, 3.8) is 0 Å². The molecule has 0 aromatic rings. The molecule has 0 saturated carbocycles. The van der Waals surface area contributed by atoms with E-state index in [0.29, 0.717) is 0 Å². The Labute approximate surface area is 114 Å². The van der Waals surface area contributed by atoms with Crippen LogP contribution in [0.5, 0.6) is 0 Å². The third-order valence-corrected chi connectivity index (χ3v) is 3.74. The lowest BCUT2D eigenvalue weighted by molar-refractivity contribution is 0.0855. The van der Waals surface area contributed by atoms with Crippen LogP contribution in [0.25, 0.3) is 0 Å². The fourth-order valence-electron chi connectivity index (χ4n) is 1.68. The van der Waals surface area contributed by atoms with Gasteiger partial charge in [0, 0.05) is 19.4 Å². The normalized spacial score (nSPS) is 20.7. The second kappa shape index (κ2) is 7.13. The molecule has 120 valence electrons. The Morgan fingerprint density at radius 3 is 2.05 bits per heavy atom. The van der Waals surface area contributed by atoms with Gasteiger partial charge >= 0.3 is 7.25 Å². The topological polar surface area (TPSA) is 81.1 Å². The van der Waals surface area contributed by atoms with Crippen molar-refractivity contribution in [2.75, 3.05) is 13.7 Å². The van der Waals surface area contributed by atoms with Crippen molar-refractivity contribution in [3.8, 4) is 0 Å². The average molecular weight is 323 g/mol. The molecule has 0 spiro atoms. The lowest BCUT2D eigenvalue weighted by Crippen LogP contribution is -2.47. The summed E-state index contributed by atoms with van der Waals surface area (Å²) < 4.78 is 70.2. The van der Waals surface area contributed by atoms with E-state index in [9.17, 15) is 25.7 Å². The SMILES string of the molecule is CCC(N1C=CN(C)C1CO)S(=O)(=O)O.F[B-](F)(F)F. The largest absolute Gasteiger partial charge is 0.673 e. The van der Waals surface area contributed by atoms with Gasteiger partial charge in [-0.2, -0.15) is 8.42 Å². The maximum Gasteiger partial charge on any atom is 0.673 e. The first kappa shape index (κ1) is 19.0. The van der Waals surface area contributed by atoms with Crippen molar-refractivity contribution >= 4 is 17.4 Å². The quantitative estimate of drug-likeness (QED) is 0.455. The first-order valence-corrected chi connectivity index (χ1v) is 7.04. The van der Waals surface area contributed by atoms with Gasteiger partial charge in [-0.3, -0.25) is 4.55 Å². The second-order valence-corrected chi connectivity index (χ2v) is 5.52. The van der Waals surface area contributed by atoms with E-state index in [0.717, 1.165) is 0 Å². The molecule has 20 heavy (non-hydrogen) atoms. The third-order valence-electron chi connectivity index (χ3n) is 2.48. The Bertz CT molecular complexity index is 425. The molecule has 0 aromatic heterocycles. The maximum atomic E-state index is 11.1. The zero-order chi connectivity index (χ0) is 16.1. The monoisotopic (exact) mass is 323 g/mol. The number of rotatable bonds is 4. The van der Waals surface area contributed by atoms with Crippen LogP contribution >= 0.6 is 0 Å². The molecule has 0 bridgehead atoms. The molecule has 2 atom stereocenters. The Hall–Kier alpha value is -1.01. The summed E-state index contributed by atoms with van der Waals surface area (Å²) in [5.74, 6) is 0. The molecule has 12 heteroatoms. The van der Waals surface area contributed by atoms with Crippen molar-refractivity contribution in [2.45, 2.75) is 24.9 Å². The number of aliphatic hydroxyl groups is 1. The number of nitrogens with zero attached hydrogens (tertiary/aromatic N) is 2. The van der Waals surface area contributed by atoms with Crippen LogP contribution in [-0.4, -0.2) is 60.3 Å². The number of hydrogen-bond acceptors (Lipinski definition) is 5. The fourth-order valence-corrected chi connectivity index (χ4v) is 2.62. The molecule has 0 saturated heterocycles. The number of halogens is 4. The third kappa shape index (κ3) is 6.43. The zero-order valence-corrected chi connectivity index (χ0v) is 11.6. The van der Waals surface area contributed by atoms with E-state index < -0.39 is 28.9 Å². The minimum atomic E-state index is -6.00. The van der Waals surface area contributed by atoms with Crippen LogP contribution in [0.15, 0.2) is 12.4 Å². The van der Waals surface area contributed by atoms with Gasteiger partial charge in [0.1, 0.15) is 6.17 Å². The predicted molar refractivity (Wildman–Crippen MR) is 65.4 cm³/mol. The summed E-state index contributed by atoms with van der Waals surface area (Å²) >= 11 is 0. The predicted octanol–water partition coefficient (Wildman–Crippen LogP) is 0.947. The van der Waals surface area contributed by atoms with Gasteiger partial charge in [-0.25, -0.2) is 0 Å². The van der Waals surface area contributed by atoms with Crippen LogP contribution in [0.3, 0.4) is 0 Å². The van der Waals surface area contributed by atoms with Gasteiger partial charge in [0.25, 0.3) is 10.1 Å². The Morgan fingerprint density at radius 2 is 1.75 bits per heavy atom. The molecule has 0 radical (unpaired) electrons. The Kier molecular flexibility index (Phi) is 6.77. The summed E-state index contributed by atoms with van der Waals surface area (Å²) in [6, 6.07) is 0. The second-order valence-electron chi connectivity index (χ2n) is 3.95. The molecule has 1 aliphatic heterocycles. The number of likely N-dealkylation sites (N-methyl/N-ethyl adjacent to an activating group) is 1. The first-order valence-electron chi connectivity index (χ1n) is 5.54. The molecule has 0 fully saturated rings. The highest BCUT2D eigenvalue weighted by Crippen LogP contribution is 2.21. The van der Waals surface area contributed by atoms with E-state index in [2.05, 4.69) is 0 Å². The Morgan fingerprint density at radius 1 is 1.30 bits per heavy atom. The average Bonchev–Trinajstić information content (AvgIpc) is 2.56. The minimum Gasteiger partial charge on any atom is -0.418 e. The highest BCUT2D eigenvalue weighted by Gasteiger charge is 2.34. The molecule has 2 N–H and O–H groups in total. The molecule has 0 aromatic carbocycles. The summed E-state index contributed by atoms with van der Waals surface area (Å²) in [5.41, 5.74) is 0. The molecular weight excluding hydrogens is 307 g/mol. The van der Waals surface area contributed by atoms with Crippen LogP contribution in [0.1, 0.15) is 13.3 Å². The van der Waals surface area contributed by atoms with Crippen molar-refractivity contribution < 1.29 is 35.3 Å². The molecule has 0 aliphatic carbocycles. The van der Waals surface area contributed by atoms with Crippen LogP contribution < -0.4 is 0 Å². The van der Waals surface area contributed by atoms with Crippen molar-refractivity contribution in [2.24, 2.45) is 0 Å². The molecule has 1 rings (SSSR count). The van der Waals surface area contributed by atoms with E-state index >= 15 is 0 Å². The van der Waals surface area contributed by atoms with Gasteiger partial charge in [-0.05, 0) is 6.42 Å². The van der Waals surface area contributed by atoms with Gasteiger partial charge in [-0.15, -0.1) is 0 Å². The number of hydrogen-bond donors (Lipinski definition) is 2. The van der Waals surface area contributed by atoms with E-state index in [1.165, 1.54) is 4.90 Å². The van der Waals surface area contributed by atoms with E-state index in [4.69, 9.17) is 9.66 Å². The maximum absolute atomic E-state index is 11.1. The van der Waals surface area contributed by atoms with E-state index in [1.807, 2.05) is 0 Å². The van der Waals surface area contributed by atoms with Crippen LogP contribution in [-0.2, 0) is 10.1 Å². The molecular formula is C8H16BF4N2O4S-. The minimum absolute atomic E-state index is 0.199. The van der Waals surface area contributed by atoms with E-state index in [1.54, 1.807) is 31.3 Å². The smallest absolute Gasteiger partial charge is 0.418 e. The summed E-state index contributed by atoms with van der Waals surface area (Å²) in [4.78, 5) is 3.13. The zero-order valence-electron chi connectivity index (χ0n) is 10.8. The fraction of sp³-hybridized carbons (Fsp3) is 0.750. The molecule has 6 nitrogen and oxygen atoms in total. The van der Waals surface area contributed by atoms with Crippen molar-refractivity contribution in [3.05, 3.63) is 12.4 Å². The Balaban J connectivity index is 0.000000621. The highest BCUT2D eigenvalue weighted by atomic mass is 32.2. The highest BCUT2D eigenvalue weighted by molar-refractivity contribution is 7.86. The summed E-state index contributed by atoms with van der Waals surface area (Å²) in [6.07, 6.45) is 3.04. The van der Waals surface area contributed by atoms with Crippen LogP contribution in [0, 0.1) is 0 Å². The van der Waals surface area contributed by atoms with Crippen molar-refractivity contribution in [1.29, 1.82) is 0 Å². The lowest BCUT2D eigenvalue weighted by Gasteiger charge is -2.33. The molecule has 0 amide bonds. The van der Waals surface area contributed by atoms with Gasteiger partial charge in [0.15, 0.2) is 5.37 Å². The summed E-state index contributed by atoms with van der Waals surface area (Å²) in [7, 11) is -8.40. The van der Waals surface area contributed by atoms with E-state index in [-0.39, 0.29) is 13.0 Å². The lowest BCUT2D eigenvalue weighted by atomic mass is 10.3. The standard InChI is InChI=1S/C8H16N2O4S.BF4/c1-3-8(15(12,13)14)10-5-4-9(2)7(10)6-11;2-1(3,4)5/h4-5,7-8,11H,3,6H2,1-2H3,(H,12,13,14);/q;-1. The van der Waals surface area contributed by atoms with Gasteiger partial charge < -0.3 is 32.2 Å². The molecule has 1 aliphatic rings. The molecule has 1 heterocycles. The first-order chi connectivity index (χ1) is 8.91. The summed E-state index contributed by atoms with van der Waals surface area (Å²) in [6.45, 7) is 1.47. The summed E-state index contributed by atoms with van der Waals surface area (Å²) in [5, 5.41) is 8.11. The van der Waals surface area contributed by atoms with Gasteiger partial charge in [-0.1, -0.05) is 6.92 Å². The van der Waals surface area contributed by atoms with Gasteiger partial charge in [0.2, 0.25) is 0 Å².